The minimum Gasteiger partial charge on any atom is -0.478 e. The van der Waals surface area contributed by atoms with Crippen molar-refractivity contribution in [3.63, 3.8) is 0 Å². The van der Waals surface area contributed by atoms with Crippen LogP contribution in [0.15, 0.2) is 36.5 Å². The van der Waals surface area contributed by atoms with Crippen LogP contribution in [0.5, 0.6) is 0 Å². The van der Waals surface area contributed by atoms with E-state index in [1.165, 1.54) is 0 Å². The average Bonchev–Trinajstić information content (AvgIpc) is 3.17. The third kappa shape index (κ3) is 21.4. The molecule has 73 heavy (non-hydrogen) atoms. The van der Waals surface area contributed by atoms with Gasteiger partial charge in [0.2, 0.25) is 0 Å². The fourth-order valence-corrected chi connectivity index (χ4v) is 4.11. The summed E-state index contributed by atoms with van der Waals surface area (Å²) in [4.78, 5) is 32.9. The van der Waals surface area contributed by atoms with Crippen LogP contribution >= 0.6 is 0 Å². The van der Waals surface area contributed by atoms with Crippen molar-refractivity contribution in [3.05, 3.63) is 36.5 Å². The van der Waals surface area contributed by atoms with Gasteiger partial charge in [0.05, 0.1) is 63.0 Å². The topological polar surface area (TPSA) is 219 Å². The van der Waals surface area contributed by atoms with Gasteiger partial charge < -0.3 is 54.3 Å². The average molecular weight is 1140 g/mol. The van der Waals surface area contributed by atoms with Gasteiger partial charge in [0.25, 0.3) is 22.4 Å². The van der Waals surface area contributed by atoms with E-state index >= 15 is 0 Å². The van der Waals surface area contributed by atoms with Gasteiger partial charge in [-0.05, 0) is 6.92 Å². The summed E-state index contributed by atoms with van der Waals surface area (Å²) in [6.07, 6.45) is -58.4. The van der Waals surface area contributed by atoms with Crippen LogP contribution in [0.25, 0.3) is 0 Å². The molecule has 38 heteroatoms. The first-order valence-corrected chi connectivity index (χ1v) is 18.5. The summed E-state index contributed by atoms with van der Waals surface area (Å²) in [6.45, 7) is 2.49. The molecule has 0 radical (unpaired) electrons. The van der Waals surface area contributed by atoms with E-state index in [4.69, 9.17) is 30.6 Å². The molecular formula is C35H40F24O14. The summed E-state index contributed by atoms with van der Waals surface area (Å²) in [6, 6.07) is 0. The second kappa shape index (κ2) is 26.9. The highest BCUT2D eigenvalue weighted by Gasteiger charge is 2.73. The molecule has 0 aromatic rings. The van der Waals surface area contributed by atoms with Crippen molar-refractivity contribution in [2.24, 2.45) is 0 Å². The van der Waals surface area contributed by atoms with Crippen LogP contribution in [-0.2, 0) is 38.1 Å². The molecule has 0 aliphatic rings. The van der Waals surface area contributed by atoms with Gasteiger partial charge in [-0.1, -0.05) is 19.7 Å². The molecule has 0 aliphatic heterocycles. The van der Waals surface area contributed by atoms with Crippen LogP contribution in [0.3, 0.4) is 0 Å². The normalized spacial score (nSPS) is 14.2. The van der Waals surface area contributed by atoms with Gasteiger partial charge in [-0.2, -0.15) is 105 Å². The number of ether oxygens (including phenoxy) is 5. The van der Waals surface area contributed by atoms with Crippen LogP contribution in [0, 0.1) is 0 Å². The number of rotatable bonds is 23. The highest BCUT2D eigenvalue weighted by Crippen LogP contribution is 2.48. The van der Waals surface area contributed by atoms with E-state index in [1.807, 2.05) is 0 Å². The second-order valence-corrected chi connectivity index (χ2v) is 14.2. The molecule has 432 valence electrons. The molecule has 0 saturated heterocycles. The minimum atomic E-state index is -6.19. The summed E-state index contributed by atoms with van der Waals surface area (Å²) in [5.41, 5.74) is -22.0. The van der Waals surface area contributed by atoms with Crippen LogP contribution in [0.2, 0.25) is 0 Å². The Bertz CT molecular complexity index is 1740. The van der Waals surface area contributed by atoms with Crippen molar-refractivity contribution in [3.8, 4) is 0 Å². The predicted molar refractivity (Wildman–Crippen MR) is 188 cm³/mol. The summed E-state index contributed by atoms with van der Waals surface area (Å²) < 4.78 is 319. The Morgan fingerprint density at radius 1 is 0.425 bits per heavy atom. The first-order valence-electron chi connectivity index (χ1n) is 18.5. The van der Waals surface area contributed by atoms with Crippen molar-refractivity contribution in [2.75, 3.05) is 52.9 Å². The highest BCUT2D eigenvalue weighted by molar-refractivity contribution is 5.88. The maximum Gasteiger partial charge on any atom is 0.426 e. The Balaban J connectivity index is -0.00000105. The van der Waals surface area contributed by atoms with E-state index in [0.717, 1.165) is 0 Å². The molecule has 1 unspecified atom stereocenters. The van der Waals surface area contributed by atoms with Gasteiger partial charge in [0.1, 0.15) is 12.7 Å². The van der Waals surface area contributed by atoms with Crippen molar-refractivity contribution >= 4 is 17.9 Å². The lowest BCUT2D eigenvalue weighted by Gasteiger charge is -2.34. The van der Waals surface area contributed by atoms with Crippen molar-refractivity contribution in [1.29, 1.82) is 0 Å². The fraction of sp³-hybridized carbons (Fsp3) is 0.743. The molecule has 0 aromatic heterocycles. The van der Waals surface area contributed by atoms with Crippen LogP contribution < -0.4 is 0 Å². The Morgan fingerprint density at radius 2 is 0.671 bits per heavy atom. The van der Waals surface area contributed by atoms with Crippen molar-refractivity contribution < 1.29 is 174 Å². The number of esters is 2. The minimum absolute atomic E-state index is 0.347. The number of halogens is 24. The molecule has 1 atom stereocenters. The van der Waals surface area contributed by atoms with Gasteiger partial charge in [-0.3, -0.25) is 0 Å². The van der Waals surface area contributed by atoms with E-state index < -0.39 is 179 Å². The smallest absolute Gasteiger partial charge is 0.426 e. The zero-order valence-corrected chi connectivity index (χ0v) is 36.2. The fourth-order valence-electron chi connectivity index (χ4n) is 4.11. The summed E-state index contributed by atoms with van der Waals surface area (Å²) in [5, 5.41) is 52.0. The Labute approximate surface area is 392 Å². The van der Waals surface area contributed by atoms with Gasteiger partial charge in [-0.15, -0.1) is 0 Å². The first kappa shape index (κ1) is 72.9. The molecule has 0 aromatic carbocycles. The third-order valence-electron chi connectivity index (χ3n) is 8.50. The maximum absolute atomic E-state index is 12.6. The standard InChI is InChI=1S/C15H16F12O5.C11H14F6O5.C9H10F6O4/c1-7(6-31-4-3-10(29,12(16,17)18)13(19,20)21)9(28)32-8(2)5-11(30,14(22,23)24)15(25,26)27;1-7(8(19)22-5-3-18)6-21-4-2-9(20,10(12,13)14)11(15,16)17;1-5(6(16)17)4-19-3-2-7(18,8(10,11)12)9(13,14)15/h8,29-30H,1,3-6H2,2H3;18,20H,1-6H2;18H,1-4H2,(H,16,17). The Morgan fingerprint density at radius 3 is 0.904 bits per heavy atom. The van der Waals surface area contributed by atoms with E-state index in [0.29, 0.717) is 6.92 Å². The summed E-state index contributed by atoms with van der Waals surface area (Å²) >= 11 is 0. The number of carbonyl (C=O) groups excluding carboxylic acids is 2. The lowest BCUT2D eigenvalue weighted by molar-refractivity contribution is -0.373. The predicted octanol–water partition coefficient (Wildman–Crippen LogP) is 7.21. The summed E-state index contributed by atoms with van der Waals surface area (Å²) in [5.74, 6) is -4.22. The molecule has 0 aliphatic carbocycles. The number of carboxylic acids is 1. The number of carboxylic acid groups (broad SMARTS) is 1. The number of aliphatic hydroxyl groups is 5. The van der Waals surface area contributed by atoms with Crippen molar-refractivity contribution in [1.82, 2.24) is 0 Å². The quantitative estimate of drug-likeness (QED) is 0.0258. The van der Waals surface area contributed by atoms with E-state index in [9.17, 15) is 120 Å². The van der Waals surface area contributed by atoms with E-state index in [2.05, 4.69) is 43.4 Å². The Kier molecular flexibility index (Phi) is 26.9. The molecule has 0 heterocycles. The highest BCUT2D eigenvalue weighted by atomic mass is 19.4. The number of hydrogen-bond donors (Lipinski definition) is 6. The maximum atomic E-state index is 12.6. The molecular weight excluding hydrogens is 1100 g/mol. The van der Waals surface area contributed by atoms with Gasteiger partial charge >= 0.3 is 67.3 Å². The van der Waals surface area contributed by atoms with Crippen LogP contribution in [0.4, 0.5) is 105 Å². The van der Waals surface area contributed by atoms with Gasteiger partial charge in [-0.25, -0.2) is 14.4 Å². The van der Waals surface area contributed by atoms with Gasteiger partial charge in [0.15, 0.2) is 0 Å². The number of aliphatic carboxylic acids is 1. The zero-order chi connectivity index (χ0) is 59.1. The molecule has 0 spiro atoms. The second-order valence-electron chi connectivity index (χ2n) is 14.2. The number of alkyl halides is 24. The largest absolute Gasteiger partial charge is 0.478 e. The zero-order valence-electron chi connectivity index (χ0n) is 36.2. The molecule has 14 nitrogen and oxygen atoms in total. The third-order valence-corrected chi connectivity index (χ3v) is 8.50. The Hall–Kier alpha value is -4.37. The lowest BCUT2D eigenvalue weighted by atomic mass is 9.95. The molecule has 0 rings (SSSR count). The van der Waals surface area contributed by atoms with Crippen LogP contribution in [0.1, 0.15) is 32.6 Å². The van der Waals surface area contributed by atoms with Crippen LogP contribution in [-0.4, -0.2) is 179 Å². The molecule has 0 saturated carbocycles. The molecule has 6 N–H and O–H groups in total. The molecule has 0 fully saturated rings. The number of aliphatic hydroxyl groups excluding tert-OH is 1. The lowest BCUT2D eigenvalue weighted by Crippen LogP contribution is -2.58. The van der Waals surface area contributed by atoms with Crippen molar-refractivity contribution in [2.45, 2.75) is 111 Å². The number of hydrogen-bond acceptors (Lipinski definition) is 13. The first-order chi connectivity index (χ1) is 32.1. The molecule has 0 bridgehead atoms. The van der Waals surface area contributed by atoms with E-state index in [-0.39, 0.29) is 12.2 Å². The monoisotopic (exact) mass is 1140 g/mol. The summed E-state index contributed by atoms with van der Waals surface area (Å²) in [7, 11) is 0. The van der Waals surface area contributed by atoms with Gasteiger partial charge in [0, 0.05) is 25.7 Å². The number of carbonyl (C=O) groups is 3. The molecule has 0 amide bonds. The SMILES string of the molecule is C=C(COCCC(O)(C(F)(F)F)C(F)(F)F)C(=O)O.C=C(COCCC(O)(C(F)(F)F)C(F)(F)F)C(=O)OC(C)CC(O)(C(F)(F)F)C(F)(F)F.C=C(COCCC(O)(C(F)(F)F)C(F)(F)F)C(=O)OCCO. The van der Waals surface area contributed by atoms with E-state index in [1.54, 1.807) is 0 Å².